The van der Waals surface area contributed by atoms with Gasteiger partial charge in [0.15, 0.2) is 6.29 Å². The van der Waals surface area contributed by atoms with Crippen LogP contribution in [0.2, 0.25) is 0 Å². The summed E-state index contributed by atoms with van der Waals surface area (Å²) in [4.78, 5) is 13.0. The van der Waals surface area contributed by atoms with E-state index in [-0.39, 0.29) is 35.7 Å². The van der Waals surface area contributed by atoms with Crippen molar-refractivity contribution in [2.75, 3.05) is 13.2 Å². The molecule has 6 N–H and O–H groups in total. The summed E-state index contributed by atoms with van der Waals surface area (Å²) in [6.45, 7) is 15.9. The van der Waals surface area contributed by atoms with Crippen LogP contribution >= 0.6 is 0 Å². The van der Waals surface area contributed by atoms with Gasteiger partial charge in [-0.3, -0.25) is 9.35 Å². The largest absolute Gasteiger partial charge is 0.397 e. The average molecular weight is 640 g/mol. The Balaban J connectivity index is 3.03. The fourth-order valence-electron chi connectivity index (χ4n) is 5.82. The number of nitrogens with one attached hydrogen (secondary N) is 1. The maximum absolute atomic E-state index is 13.0. The summed E-state index contributed by atoms with van der Waals surface area (Å²) in [5.41, 5.74) is 0.236. The summed E-state index contributed by atoms with van der Waals surface area (Å²) in [6.07, 6.45) is -1.51. The SMILES string of the molecule is CCCC(C)(C)CC(C)CCC(=O)N[C@H](COC1OC(CO)C(O)C(OS(=O)(=O)O)C1O)[C@H](O)/C=C/C(C)CC(C)(C)C. The van der Waals surface area contributed by atoms with Crippen LogP contribution in [-0.4, -0.2) is 95.4 Å². The summed E-state index contributed by atoms with van der Waals surface area (Å²) in [5.74, 6) is 0.135. The van der Waals surface area contributed by atoms with Crippen molar-refractivity contribution >= 4 is 16.3 Å². The van der Waals surface area contributed by atoms with Gasteiger partial charge in [-0.15, -0.1) is 0 Å². The number of hydrogen-bond donors (Lipinski definition) is 6. The Morgan fingerprint density at radius 1 is 1.07 bits per heavy atom. The number of hydrogen-bond acceptors (Lipinski definition) is 10. The Morgan fingerprint density at radius 3 is 2.23 bits per heavy atom. The first-order valence-corrected chi connectivity index (χ1v) is 16.6. The molecule has 1 rings (SSSR count). The molecule has 0 aliphatic carbocycles. The number of amides is 1. The lowest BCUT2D eigenvalue weighted by Gasteiger charge is -2.41. The Morgan fingerprint density at radius 2 is 1.70 bits per heavy atom. The van der Waals surface area contributed by atoms with Gasteiger partial charge in [-0.25, -0.2) is 4.18 Å². The highest BCUT2D eigenvalue weighted by Gasteiger charge is 2.48. The van der Waals surface area contributed by atoms with Crippen molar-refractivity contribution in [2.24, 2.45) is 22.7 Å². The van der Waals surface area contributed by atoms with E-state index >= 15 is 0 Å². The second-order valence-electron chi connectivity index (χ2n) is 14.1. The molecule has 0 aromatic rings. The third kappa shape index (κ3) is 15.6. The van der Waals surface area contributed by atoms with Crippen molar-refractivity contribution in [1.29, 1.82) is 0 Å². The highest BCUT2D eigenvalue weighted by atomic mass is 32.3. The summed E-state index contributed by atoms with van der Waals surface area (Å²) in [5, 5.41) is 44.3. The summed E-state index contributed by atoms with van der Waals surface area (Å²) >= 11 is 0. The molecule has 1 aliphatic rings. The molecule has 1 heterocycles. The third-order valence-corrected chi connectivity index (χ3v) is 7.98. The van der Waals surface area contributed by atoms with Gasteiger partial charge in [-0.2, -0.15) is 8.42 Å². The summed E-state index contributed by atoms with van der Waals surface area (Å²) < 4.78 is 47.1. The lowest BCUT2D eigenvalue weighted by atomic mass is 9.78. The van der Waals surface area contributed by atoms with Crippen molar-refractivity contribution in [2.45, 2.75) is 137 Å². The van der Waals surface area contributed by atoms with E-state index in [2.05, 4.69) is 58.0 Å². The van der Waals surface area contributed by atoms with E-state index in [0.29, 0.717) is 12.3 Å². The quantitative estimate of drug-likeness (QED) is 0.0954. The molecule has 254 valence electrons. The monoisotopic (exact) mass is 639 g/mol. The molecule has 1 saturated heterocycles. The van der Waals surface area contributed by atoms with Crippen LogP contribution < -0.4 is 5.32 Å². The summed E-state index contributed by atoms with van der Waals surface area (Å²) in [6, 6.07) is -0.978. The number of aliphatic hydroxyl groups excluding tert-OH is 4. The van der Waals surface area contributed by atoms with Crippen molar-refractivity contribution < 1.29 is 51.8 Å². The van der Waals surface area contributed by atoms with E-state index < -0.39 is 59.9 Å². The predicted molar refractivity (Wildman–Crippen MR) is 162 cm³/mol. The number of carbonyl (C=O) groups is 1. The minimum atomic E-state index is -5.08. The van der Waals surface area contributed by atoms with Gasteiger partial charge >= 0.3 is 10.4 Å². The molecule has 0 bridgehead atoms. The zero-order valence-corrected chi connectivity index (χ0v) is 27.9. The maximum atomic E-state index is 13.0. The van der Waals surface area contributed by atoms with Gasteiger partial charge in [0.2, 0.25) is 5.91 Å². The molecule has 13 heteroatoms. The second kappa shape index (κ2) is 17.5. The van der Waals surface area contributed by atoms with E-state index in [1.165, 1.54) is 0 Å². The third-order valence-electron chi connectivity index (χ3n) is 7.52. The standard InChI is InChI=1S/C30H57NO11S/c1-9-14-30(7,8)16-20(3)11-13-24(34)31-21(22(33)12-10-19(2)15-29(4,5)6)18-40-28-26(36)27(42-43(37,38)39)25(35)23(17-32)41-28/h10,12,19-23,25-28,32-33,35-36H,9,11,13-18H2,1-8H3,(H,31,34)(H,37,38,39)/b12-10+/t19?,20?,21-,22-,23?,25?,26?,27?,28?/m1/s1. The first-order valence-electron chi connectivity index (χ1n) is 15.2. The Kier molecular flexibility index (Phi) is 16.2. The molecule has 0 aromatic carbocycles. The van der Waals surface area contributed by atoms with E-state index in [9.17, 15) is 33.6 Å². The number of aliphatic hydroxyl groups is 4. The van der Waals surface area contributed by atoms with Gasteiger partial charge < -0.3 is 35.2 Å². The number of allylic oxidation sites excluding steroid dienone is 1. The van der Waals surface area contributed by atoms with Crippen LogP contribution in [0.4, 0.5) is 0 Å². The maximum Gasteiger partial charge on any atom is 0.397 e. The molecule has 0 aromatic heterocycles. The van der Waals surface area contributed by atoms with E-state index in [1.807, 2.05) is 13.0 Å². The molecule has 1 aliphatic heterocycles. The molecule has 9 atom stereocenters. The van der Waals surface area contributed by atoms with Gasteiger partial charge in [-0.1, -0.05) is 74.0 Å². The highest BCUT2D eigenvalue weighted by Crippen LogP contribution is 2.32. The molecule has 0 spiro atoms. The normalized spacial score (nSPS) is 26.7. The fraction of sp³-hybridized carbons (Fsp3) is 0.900. The zero-order chi connectivity index (χ0) is 33.2. The van der Waals surface area contributed by atoms with Gasteiger partial charge in [0.1, 0.15) is 24.4 Å². The van der Waals surface area contributed by atoms with Crippen molar-refractivity contribution in [3.63, 3.8) is 0 Å². The van der Waals surface area contributed by atoms with Crippen LogP contribution in [-0.2, 0) is 28.9 Å². The van der Waals surface area contributed by atoms with E-state index in [1.54, 1.807) is 6.08 Å². The lowest BCUT2D eigenvalue weighted by Crippen LogP contribution is -2.61. The minimum Gasteiger partial charge on any atom is -0.394 e. The topological polar surface area (TPSA) is 192 Å². The molecule has 7 unspecified atom stereocenters. The molecule has 0 saturated carbocycles. The molecular formula is C30H57NO11S. The molecule has 1 fully saturated rings. The van der Waals surface area contributed by atoms with Crippen molar-refractivity contribution in [3.05, 3.63) is 12.2 Å². The van der Waals surface area contributed by atoms with Crippen molar-refractivity contribution in [3.8, 4) is 0 Å². The predicted octanol–water partition coefficient (Wildman–Crippen LogP) is 2.74. The van der Waals surface area contributed by atoms with Gasteiger partial charge in [0, 0.05) is 6.42 Å². The van der Waals surface area contributed by atoms with Gasteiger partial charge in [-0.05, 0) is 48.3 Å². The van der Waals surface area contributed by atoms with Crippen LogP contribution in [0.3, 0.4) is 0 Å². The van der Waals surface area contributed by atoms with Crippen LogP contribution in [0, 0.1) is 22.7 Å². The summed E-state index contributed by atoms with van der Waals surface area (Å²) in [7, 11) is -5.08. The average Bonchev–Trinajstić information content (AvgIpc) is 2.85. The zero-order valence-electron chi connectivity index (χ0n) is 27.1. The van der Waals surface area contributed by atoms with Crippen molar-refractivity contribution in [1.82, 2.24) is 5.32 Å². The minimum absolute atomic E-state index is 0.0662. The van der Waals surface area contributed by atoms with Crippen LogP contribution in [0.1, 0.15) is 93.9 Å². The van der Waals surface area contributed by atoms with Crippen LogP contribution in [0.15, 0.2) is 12.2 Å². The molecule has 43 heavy (non-hydrogen) atoms. The van der Waals surface area contributed by atoms with Crippen LogP contribution in [0.5, 0.6) is 0 Å². The van der Waals surface area contributed by atoms with E-state index in [0.717, 1.165) is 25.7 Å². The number of carbonyl (C=O) groups excluding carboxylic acids is 1. The van der Waals surface area contributed by atoms with E-state index in [4.69, 9.17) is 14.0 Å². The Hall–Kier alpha value is -1.16. The van der Waals surface area contributed by atoms with Crippen LogP contribution in [0.25, 0.3) is 0 Å². The Bertz CT molecular complexity index is 966. The van der Waals surface area contributed by atoms with Gasteiger partial charge in [0.05, 0.1) is 25.4 Å². The Labute approximate surface area is 258 Å². The smallest absolute Gasteiger partial charge is 0.394 e. The van der Waals surface area contributed by atoms with Gasteiger partial charge in [0.25, 0.3) is 0 Å². The first kappa shape index (κ1) is 39.9. The first-order chi connectivity index (χ1) is 19.7. The molecular weight excluding hydrogens is 582 g/mol. The molecule has 1 amide bonds. The highest BCUT2D eigenvalue weighted by molar-refractivity contribution is 7.80. The number of ether oxygens (including phenoxy) is 2. The molecule has 12 nitrogen and oxygen atoms in total. The fourth-order valence-corrected chi connectivity index (χ4v) is 6.33. The second-order valence-corrected chi connectivity index (χ2v) is 15.1. The lowest BCUT2D eigenvalue weighted by molar-refractivity contribution is -0.298. The molecule has 0 radical (unpaired) electrons. The number of rotatable bonds is 18.